The molecule has 0 saturated heterocycles. The van der Waals surface area contributed by atoms with Gasteiger partial charge in [0, 0.05) is 12.5 Å². The Morgan fingerprint density at radius 1 is 1.39 bits per heavy atom. The lowest BCUT2D eigenvalue weighted by molar-refractivity contribution is 0.347. The van der Waals surface area contributed by atoms with Crippen LogP contribution in [0.2, 0.25) is 0 Å². The fraction of sp³-hybridized carbons (Fsp3) is 0.500. The summed E-state index contributed by atoms with van der Waals surface area (Å²) in [5.41, 5.74) is 6.93. The van der Waals surface area contributed by atoms with E-state index in [4.69, 9.17) is 10.7 Å². The number of aliphatic imine (C=N–C) groups is 1. The second-order valence-electron chi connectivity index (χ2n) is 5.27. The number of hydrogen-bond acceptors (Lipinski definition) is 3. The summed E-state index contributed by atoms with van der Waals surface area (Å²) >= 11 is 0. The van der Waals surface area contributed by atoms with Crippen molar-refractivity contribution in [2.24, 2.45) is 10.7 Å². The van der Waals surface area contributed by atoms with Crippen molar-refractivity contribution in [2.45, 2.75) is 43.8 Å². The lowest BCUT2D eigenvalue weighted by Gasteiger charge is -2.28. The SMILES string of the molecule is NC1CCC2N=C(Cc3cccc(F)c3)NC2C1. The molecular weight excluding hydrogens is 229 g/mol. The molecule has 1 aliphatic carbocycles. The molecule has 1 aliphatic heterocycles. The minimum Gasteiger partial charge on any atom is -0.369 e. The summed E-state index contributed by atoms with van der Waals surface area (Å²) in [5.74, 6) is 0.787. The van der Waals surface area contributed by atoms with Gasteiger partial charge in [0.05, 0.1) is 12.1 Å². The molecule has 0 spiro atoms. The first kappa shape index (κ1) is 11.7. The van der Waals surface area contributed by atoms with Gasteiger partial charge in [-0.3, -0.25) is 4.99 Å². The Bertz CT molecular complexity index is 472. The zero-order chi connectivity index (χ0) is 12.5. The van der Waals surface area contributed by atoms with E-state index in [1.54, 1.807) is 12.1 Å². The molecule has 1 saturated carbocycles. The summed E-state index contributed by atoms with van der Waals surface area (Å²) in [5, 5.41) is 3.44. The van der Waals surface area contributed by atoms with Gasteiger partial charge in [-0.25, -0.2) is 4.39 Å². The smallest absolute Gasteiger partial charge is 0.123 e. The van der Waals surface area contributed by atoms with Crippen molar-refractivity contribution in [1.82, 2.24) is 5.32 Å². The van der Waals surface area contributed by atoms with E-state index in [2.05, 4.69) is 5.32 Å². The Balaban J connectivity index is 1.68. The maximum absolute atomic E-state index is 13.1. The average Bonchev–Trinajstić information content (AvgIpc) is 2.70. The third-order valence-electron chi connectivity index (χ3n) is 3.79. The van der Waals surface area contributed by atoms with Gasteiger partial charge in [-0.1, -0.05) is 12.1 Å². The fourth-order valence-electron chi connectivity index (χ4n) is 2.89. The lowest BCUT2D eigenvalue weighted by atomic mass is 9.88. The first-order valence-corrected chi connectivity index (χ1v) is 6.54. The Morgan fingerprint density at radius 2 is 2.28 bits per heavy atom. The van der Waals surface area contributed by atoms with Crippen LogP contribution in [0.4, 0.5) is 4.39 Å². The summed E-state index contributed by atoms with van der Waals surface area (Å²) in [6.45, 7) is 0. The van der Waals surface area contributed by atoms with Gasteiger partial charge in [-0.2, -0.15) is 0 Å². The van der Waals surface area contributed by atoms with Crippen LogP contribution in [0.15, 0.2) is 29.3 Å². The zero-order valence-electron chi connectivity index (χ0n) is 10.3. The molecule has 3 unspecified atom stereocenters. The van der Waals surface area contributed by atoms with E-state index in [-0.39, 0.29) is 5.82 Å². The van der Waals surface area contributed by atoms with Crippen molar-refractivity contribution >= 4 is 5.84 Å². The topological polar surface area (TPSA) is 50.4 Å². The molecule has 0 amide bonds. The van der Waals surface area contributed by atoms with E-state index in [9.17, 15) is 4.39 Å². The predicted octanol–water partition coefficient (Wildman–Crippen LogP) is 1.62. The van der Waals surface area contributed by atoms with E-state index in [0.717, 1.165) is 30.7 Å². The van der Waals surface area contributed by atoms with Crippen LogP contribution in [0.3, 0.4) is 0 Å². The van der Waals surface area contributed by atoms with Crippen molar-refractivity contribution in [3.63, 3.8) is 0 Å². The highest BCUT2D eigenvalue weighted by molar-refractivity contribution is 5.86. The third-order valence-corrected chi connectivity index (χ3v) is 3.79. The normalized spacial score (nSPS) is 30.6. The van der Waals surface area contributed by atoms with Gasteiger partial charge >= 0.3 is 0 Å². The number of benzene rings is 1. The second-order valence-corrected chi connectivity index (χ2v) is 5.27. The van der Waals surface area contributed by atoms with Crippen LogP contribution in [0.25, 0.3) is 0 Å². The Morgan fingerprint density at radius 3 is 3.11 bits per heavy atom. The van der Waals surface area contributed by atoms with Crippen LogP contribution in [-0.2, 0) is 6.42 Å². The molecule has 2 aliphatic rings. The molecule has 3 rings (SSSR count). The summed E-state index contributed by atoms with van der Waals surface area (Å²) < 4.78 is 13.1. The van der Waals surface area contributed by atoms with E-state index in [1.165, 1.54) is 6.07 Å². The second kappa shape index (κ2) is 4.69. The molecular formula is C14H18FN3. The first-order valence-electron chi connectivity index (χ1n) is 6.54. The molecule has 0 bridgehead atoms. The summed E-state index contributed by atoms with van der Waals surface area (Å²) in [7, 11) is 0. The number of rotatable bonds is 2. The number of fused-ring (bicyclic) bond motifs is 1. The highest BCUT2D eigenvalue weighted by Gasteiger charge is 2.33. The minimum absolute atomic E-state index is 0.189. The summed E-state index contributed by atoms with van der Waals surface area (Å²) in [6, 6.07) is 7.75. The molecule has 0 radical (unpaired) electrons. The highest BCUT2D eigenvalue weighted by atomic mass is 19.1. The molecule has 1 heterocycles. The van der Waals surface area contributed by atoms with Crippen molar-refractivity contribution in [3.8, 4) is 0 Å². The molecule has 3 N–H and O–H groups in total. The van der Waals surface area contributed by atoms with Crippen molar-refractivity contribution < 1.29 is 4.39 Å². The first-order chi connectivity index (χ1) is 8.70. The standard InChI is InChI=1S/C14H18FN3/c15-10-3-1-2-9(6-10)7-14-17-12-5-4-11(16)8-13(12)18-14/h1-3,6,11-13H,4-5,7-8,16H2,(H,17,18). The number of hydrogen-bond donors (Lipinski definition) is 2. The third kappa shape index (κ3) is 2.38. The van der Waals surface area contributed by atoms with E-state index >= 15 is 0 Å². The average molecular weight is 247 g/mol. The van der Waals surface area contributed by atoms with Gasteiger partial charge in [0.2, 0.25) is 0 Å². The van der Waals surface area contributed by atoms with E-state index in [0.29, 0.717) is 24.5 Å². The number of nitrogens with one attached hydrogen (secondary N) is 1. The van der Waals surface area contributed by atoms with Gasteiger partial charge in [0.15, 0.2) is 0 Å². The maximum atomic E-state index is 13.1. The largest absolute Gasteiger partial charge is 0.369 e. The molecule has 3 atom stereocenters. The predicted molar refractivity (Wildman–Crippen MR) is 70.1 cm³/mol. The van der Waals surface area contributed by atoms with Gasteiger partial charge in [-0.15, -0.1) is 0 Å². The lowest BCUT2D eigenvalue weighted by Crippen LogP contribution is -2.44. The van der Waals surface area contributed by atoms with Gasteiger partial charge in [-0.05, 0) is 37.0 Å². The van der Waals surface area contributed by atoms with Crippen LogP contribution in [-0.4, -0.2) is 24.0 Å². The molecule has 0 aromatic heterocycles. The monoisotopic (exact) mass is 247 g/mol. The minimum atomic E-state index is -0.189. The zero-order valence-corrected chi connectivity index (χ0v) is 10.3. The number of halogens is 1. The van der Waals surface area contributed by atoms with Crippen molar-refractivity contribution in [2.75, 3.05) is 0 Å². The van der Waals surface area contributed by atoms with Crippen LogP contribution in [0, 0.1) is 5.82 Å². The van der Waals surface area contributed by atoms with Gasteiger partial charge in [0.25, 0.3) is 0 Å². The van der Waals surface area contributed by atoms with Crippen LogP contribution in [0.1, 0.15) is 24.8 Å². The van der Waals surface area contributed by atoms with E-state index in [1.807, 2.05) is 6.07 Å². The van der Waals surface area contributed by atoms with Gasteiger partial charge in [0.1, 0.15) is 11.7 Å². The Kier molecular flexibility index (Phi) is 3.04. The Hall–Kier alpha value is -1.42. The quantitative estimate of drug-likeness (QED) is 0.834. The number of nitrogens with two attached hydrogens (primary N) is 1. The number of nitrogens with zero attached hydrogens (tertiary/aromatic N) is 1. The summed E-state index contributed by atoms with van der Waals surface area (Å²) in [6.07, 6.45) is 3.78. The van der Waals surface area contributed by atoms with Crippen molar-refractivity contribution in [3.05, 3.63) is 35.6 Å². The van der Waals surface area contributed by atoms with Crippen LogP contribution < -0.4 is 11.1 Å². The molecule has 1 aromatic carbocycles. The highest BCUT2D eigenvalue weighted by Crippen LogP contribution is 2.24. The van der Waals surface area contributed by atoms with E-state index < -0.39 is 0 Å². The molecule has 4 heteroatoms. The van der Waals surface area contributed by atoms with Crippen molar-refractivity contribution in [1.29, 1.82) is 0 Å². The maximum Gasteiger partial charge on any atom is 0.123 e. The fourth-order valence-corrected chi connectivity index (χ4v) is 2.89. The number of amidine groups is 1. The molecule has 96 valence electrons. The molecule has 1 aromatic rings. The van der Waals surface area contributed by atoms with Crippen LogP contribution >= 0.6 is 0 Å². The molecule has 3 nitrogen and oxygen atoms in total. The van der Waals surface area contributed by atoms with Crippen LogP contribution in [0.5, 0.6) is 0 Å². The molecule has 1 fully saturated rings. The summed E-state index contributed by atoms with van der Waals surface area (Å²) in [4.78, 5) is 4.70. The Labute approximate surface area is 106 Å². The molecule has 18 heavy (non-hydrogen) atoms. The van der Waals surface area contributed by atoms with Gasteiger partial charge < -0.3 is 11.1 Å².